The van der Waals surface area contributed by atoms with E-state index >= 15 is 0 Å². The molecule has 0 aliphatic carbocycles. The predicted molar refractivity (Wildman–Crippen MR) is 44.7 cm³/mol. The number of aliphatic imine (C=N–C) groups is 1. The van der Waals surface area contributed by atoms with Crippen LogP contribution < -0.4 is 0 Å². The normalized spacial score (nSPS) is 27.8. The lowest BCUT2D eigenvalue weighted by Crippen LogP contribution is -2.00. The number of nitrogens with zero attached hydrogens (tertiary/aromatic N) is 1. The monoisotopic (exact) mass is 221 g/mol. The van der Waals surface area contributed by atoms with Crippen LogP contribution in [0.3, 0.4) is 0 Å². The van der Waals surface area contributed by atoms with Crippen molar-refractivity contribution in [2.24, 2.45) is 4.99 Å². The van der Waals surface area contributed by atoms with Crippen molar-refractivity contribution in [3.8, 4) is 0 Å². The van der Waals surface area contributed by atoms with Crippen LogP contribution in [0.2, 0.25) is 0 Å². The lowest BCUT2D eigenvalue weighted by Gasteiger charge is -2.05. The molecule has 0 spiro atoms. The lowest BCUT2D eigenvalue weighted by atomic mass is 10.2. The van der Waals surface area contributed by atoms with Crippen LogP contribution >= 0.6 is 22.6 Å². The molecule has 1 atom stereocenters. The molecular formula is C6H8IN. The van der Waals surface area contributed by atoms with E-state index in [1.54, 1.807) is 0 Å². The fourth-order valence-corrected chi connectivity index (χ4v) is 1.01. The minimum Gasteiger partial charge on any atom is -0.289 e. The third-order valence-electron chi connectivity index (χ3n) is 1.11. The van der Waals surface area contributed by atoms with Gasteiger partial charge in [0, 0.05) is 9.79 Å². The Hall–Kier alpha value is 0.140. The molecule has 1 aliphatic heterocycles. The van der Waals surface area contributed by atoms with Crippen LogP contribution in [0, 0.1) is 0 Å². The minimum atomic E-state index is 0.508. The highest BCUT2D eigenvalue weighted by atomic mass is 127. The maximum absolute atomic E-state index is 4.21. The number of hydrogen-bond acceptors (Lipinski definition) is 1. The Labute approximate surface area is 63.0 Å². The quantitative estimate of drug-likeness (QED) is 0.556. The van der Waals surface area contributed by atoms with E-state index in [2.05, 4.69) is 40.6 Å². The Bertz CT molecular complexity index is 137. The van der Waals surface area contributed by atoms with E-state index in [9.17, 15) is 0 Å². The van der Waals surface area contributed by atoms with Gasteiger partial charge in [0.05, 0.1) is 6.04 Å². The highest BCUT2D eigenvalue weighted by molar-refractivity contribution is 14.1. The van der Waals surface area contributed by atoms with Crippen LogP contribution in [0.25, 0.3) is 0 Å². The van der Waals surface area contributed by atoms with Crippen LogP contribution in [-0.4, -0.2) is 12.3 Å². The van der Waals surface area contributed by atoms with Gasteiger partial charge in [-0.3, -0.25) is 4.99 Å². The first-order valence-corrected chi connectivity index (χ1v) is 3.76. The zero-order chi connectivity index (χ0) is 5.98. The van der Waals surface area contributed by atoms with Gasteiger partial charge >= 0.3 is 0 Å². The molecule has 1 aliphatic rings. The standard InChI is InChI=1S/C6H8IN/c1-5-2-3-6(7)4-8-5/h3-5H,2H2,1H3. The summed E-state index contributed by atoms with van der Waals surface area (Å²) in [7, 11) is 0. The SMILES string of the molecule is CC1CC=C(I)C=N1. The molecule has 1 rings (SSSR count). The van der Waals surface area contributed by atoms with Crippen molar-refractivity contribution in [2.45, 2.75) is 19.4 Å². The summed E-state index contributed by atoms with van der Waals surface area (Å²) < 4.78 is 1.26. The molecule has 1 unspecified atom stereocenters. The molecule has 0 aromatic carbocycles. The topological polar surface area (TPSA) is 12.4 Å². The summed E-state index contributed by atoms with van der Waals surface area (Å²) in [5, 5.41) is 0. The second kappa shape index (κ2) is 2.62. The van der Waals surface area contributed by atoms with Crippen molar-refractivity contribution in [3.63, 3.8) is 0 Å². The number of allylic oxidation sites excluding steroid dienone is 1. The van der Waals surface area contributed by atoms with E-state index < -0.39 is 0 Å². The first kappa shape index (κ1) is 6.26. The molecule has 0 aromatic heterocycles. The van der Waals surface area contributed by atoms with Gasteiger partial charge in [-0.25, -0.2) is 0 Å². The third kappa shape index (κ3) is 1.58. The Kier molecular flexibility index (Phi) is 2.05. The molecule has 1 heterocycles. The van der Waals surface area contributed by atoms with Gasteiger partial charge in [0.15, 0.2) is 0 Å². The van der Waals surface area contributed by atoms with Crippen LogP contribution in [0.4, 0.5) is 0 Å². The summed E-state index contributed by atoms with van der Waals surface area (Å²) in [6, 6.07) is 0.508. The van der Waals surface area contributed by atoms with Gasteiger partial charge < -0.3 is 0 Å². The smallest absolute Gasteiger partial charge is 0.0506 e. The van der Waals surface area contributed by atoms with E-state index in [0.29, 0.717) is 6.04 Å². The number of rotatable bonds is 0. The van der Waals surface area contributed by atoms with E-state index in [-0.39, 0.29) is 0 Å². The molecule has 0 bridgehead atoms. The molecule has 0 fully saturated rings. The van der Waals surface area contributed by atoms with Gasteiger partial charge in [-0.05, 0) is 35.9 Å². The zero-order valence-corrected chi connectivity index (χ0v) is 6.92. The van der Waals surface area contributed by atoms with Crippen molar-refractivity contribution >= 4 is 28.8 Å². The van der Waals surface area contributed by atoms with E-state index in [4.69, 9.17) is 0 Å². The van der Waals surface area contributed by atoms with Gasteiger partial charge in [-0.2, -0.15) is 0 Å². The van der Waals surface area contributed by atoms with Crippen molar-refractivity contribution in [1.29, 1.82) is 0 Å². The Balaban J connectivity index is 2.58. The maximum atomic E-state index is 4.21. The number of hydrogen-bond donors (Lipinski definition) is 0. The van der Waals surface area contributed by atoms with Crippen LogP contribution in [0.15, 0.2) is 14.6 Å². The summed E-state index contributed by atoms with van der Waals surface area (Å²) in [5.41, 5.74) is 0. The van der Waals surface area contributed by atoms with Gasteiger partial charge in [0.2, 0.25) is 0 Å². The lowest BCUT2D eigenvalue weighted by molar-refractivity contribution is 0.756. The van der Waals surface area contributed by atoms with Crippen LogP contribution in [-0.2, 0) is 0 Å². The van der Waals surface area contributed by atoms with Gasteiger partial charge in [0.1, 0.15) is 0 Å². The maximum Gasteiger partial charge on any atom is 0.0506 e. The molecule has 2 heteroatoms. The average Bonchev–Trinajstić information content (AvgIpc) is 1.77. The molecule has 0 radical (unpaired) electrons. The number of halogens is 1. The Morgan fingerprint density at radius 1 is 1.88 bits per heavy atom. The molecule has 0 saturated heterocycles. The molecule has 0 N–H and O–H groups in total. The highest BCUT2D eigenvalue weighted by Crippen LogP contribution is 2.12. The summed E-state index contributed by atoms with van der Waals surface area (Å²) >= 11 is 2.28. The van der Waals surface area contributed by atoms with Crippen molar-refractivity contribution < 1.29 is 0 Å². The fraction of sp³-hybridized carbons (Fsp3) is 0.500. The predicted octanol–water partition coefficient (Wildman–Crippen LogP) is 2.17. The van der Waals surface area contributed by atoms with Gasteiger partial charge in [-0.1, -0.05) is 6.08 Å². The second-order valence-electron chi connectivity index (χ2n) is 1.95. The minimum absolute atomic E-state index is 0.508. The molecule has 44 valence electrons. The molecule has 0 saturated carbocycles. The van der Waals surface area contributed by atoms with E-state index in [1.807, 2.05) is 6.21 Å². The van der Waals surface area contributed by atoms with Crippen molar-refractivity contribution in [2.75, 3.05) is 0 Å². The second-order valence-corrected chi connectivity index (χ2v) is 3.20. The average molecular weight is 221 g/mol. The van der Waals surface area contributed by atoms with Crippen LogP contribution in [0.5, 0.6) is 0 Å². The summed E-state index contributed by atoms with van der Waals surface area (Å²) in [5.74, 6) is 0. The largest absolute Gasteiger partial charge is 0.289 e. The molecule has 8 heavy (non-hydrogen) atoms. The number of dihydropyridines is 1. The van der Waals surface area contributed by atoms with E-state index in [1.165, 1.54) is 3.58 Å². The Morgan fingerprint density at radius 3 is 3.00 bits per heavy atom. The third-order valence-corrected chi connectivity index (χ3v) is 1.83. The Morgan fingerprint density at radius 2 is 2.62 bits per heavy atom. The summed E-state index contributed by atoms with van der Waals surface area (Å²) in [6.45, 7) is 2.12. The highest BCUT2D eigenvalue weighted by Gasteiger charge is 1.99. The van der Waals surface area contributed by atoms with Gasteiger partial charge in [-0.15, -0.1) is 0 Å². The summed E-state index contributed by atoms with van der Waals surface area (Å²) in [6.07, 6.45) is 5.24. The van der Waals surface area contributed by atoms with E-state index in [0.717, 1.165) is 6.42 Å². The molecule has 0 amide bonds. The molecular weight excluding hydrogens is 213 g/mol. The first-order valence-electron chi connectivity index (χ1n) is 2.68. The van der Waals surface area contributed by atoms with Crippen molar-refractivity contribution in [1.82, 2.24) is 0 Å². The van der Waals surface area contributed by atoms with Crippen molar-refractivity contribution in [3.05, 3.63) is 9.66 Å². The first-order chi connectivity index (χ1) is 3.79. The summed E-state index contributed by atoms with van der Waals surface area (Å²) in [4.78, 5) is 4.21. The molecule has 0 aromatic rings. The van der Waals surface area contributed by atoms with Crippen LogP contribution in [0.1, 0.15) is 13.3 Å². The molecule has 1 nitrogen and oxygen atoms in total. The van der Waals surface area contributed by atoms with Gasteiger partial charge in [0.25, 0.3) is 0 Å². The fourth-order valence-electron chi connectivity index (χ4n) is 0.595. The zero-order valence-electron chi connectivity index (χ0n) is 4.76.